The van der Waals surface area contributed by atoms with Crippen LogP contribution in [0.3, 0.4) is 0 Å². The predicted molar refractivity (Wildman–Crippen MR) is 81.8 cm³/mol. The summed E-state index contributed by atoms with van der Waals surface area (Å²) < 4.78 is 10.7. The van der Waals surface area contributed by atoms with Gasteiger partial charge in [-0.3, -0.25) is 0 Å². The molecule has 3 aromatic rings. The molecule has 0 aliphatic heterocycles. The first-order valence-electron chi connectivity index (χ1n) is 6.70. The van der Waals surface area contributed by atoms with Crippen LogP contribution in [-0.4, -0.2) is 12.1 Å². The average molecular weight is 280 g/mol. The Bertz CT molecular complexity index is 715. The molecule has 106 valence electrons. The molecule has 0 saturated heterocycles. The van der Waals surface area contributed by atoms with Gasteiger partial charge in [-0.15, -0.1) is 0 Å². The highest BCUT2D eigenvalue weighted by atomic mass is 16.5. The molecule has 1 aromatic heterocycles. The van der Waals surface area contributed by atoms with E-state index < -0.39 is 0 Å². The van der Waals surface area contributed by atoms with Crippen LogP contribution in [0, 0.1) is 0 Å². The largest absolute Gasteiger partial charge is 0.497 e. The molecular weight excluding hydrogens is 264 g/mol. The second kappa shape index (κ2) is 5.81. The van der Waals surface area contributed by atoms with Gasteiger partial charge in [-0.2, -0.15) is 0 Å². The van der Waals surface area contributed by atoms with Gasteiger partial charge in [-0.05, 0) is 23.3 Å². The molecular formula is C17H16N2O2. The molecule has 2 aromatic carbocycles. The third-order valence-corrected chi connectivity index (χ3v) is 3.32. The molecule has 1 heterocycles. The van der Waals surface area contributed by atoms with Crippen LogP contribution < -0.4 is 10.5 Å². The molecule has 0 aliphatic rings. The van der Waals surface area contributed by atoms with E-state index in [-0.39, 0.29) is 0 Å². The summed E-state index contributed by atoms with van der Waals surface area (Å²) in [7, 11) is 1.66. The normalized spacial score (nSPS) is 10.6. The van der Waals surface area contributed by atoms with Crippen LogP contribution in [0.1, 0.15) is 5.89 Å². The second-order valence-corrected chi connectivity index (χ2v) is 4.63. The van der Waals surface area contributed by atoms with E-state index in [9.17, 15) is 0 Å². The molecule has 21 heavy (non-hydrogen) atoms. The van der Waals surface area contributed by atoms with Crippen LogP contribution in [0.25, 0.3) is 22.5 Å². The first-order chi connectivity index (χ1) is 10.3. The maximum atomic E-state index is 5.54. The number of nitrogens with two attached hydrogens (primary N) is 1. The summed E-state index contributed by atoms with van der Waals surface area (Å²) in [6.45, 7) is 0.309. The minimum atomic E-state index is 0.309. The first-order valence-corrected chi connectivity index (χ1v) is 6.70. The van der Waals surface area contributed by atoms with E-state index in [1.54, 1.807) is 13.3 Å². The van der Waals surface area contributed by atoms with Crippen LogP contribution in [0.5, 0.6) is 5.75 Å². The lowest BCUT2D eigenvalue weighted by molar-refractivity contribution is 0.415. The monoisotopic (exact) mass is 280 g/mol. The fraction of sp³-hybridized carbons (Fsp3) is 0.118. The smallest absolute Gasteiger partial charge is 0.208 e. The molecule has 0 radical (unpaired) electrons. The number of nitrogens with zero attached hydrogens (tertiary/aromatic N) is 1. The standard InChI is InChI=1S/C17H16N2O2/c1-20-15-8-6-13(7-9-15)12-2-4-14(5-3-12)16-11-19-17(10-18)21-16/h2-9,11H,10,18H2,1H3. The number of rotatable bonds is 4. The Morgan fingerprint density at radius 1 is 0.952 bits per heavy atom. The van der Waals surface area contributed by atoms with Crippen LogP contribution in [0.15, 0.2) is 59.1 Å². The van der Waals surface area contributed by atoms with Crippen molar-refractivity contribution in [3.05, 3.63) is 60.6 Å². The van der Waals surface area contributed by atoms with E-state index in [2.05, 4.69) is 17.1 Å². The summed E-state index contributed by atoms with van der Waals surface area (Å²) in [6, 6.07) is 16.1. The Balaban J connectivity index is 1.85. The van der Waals surface area contributed by atoms with Gasteiger partial charge in [0.25, 0.3) is 0 Å². The Morgan fingerprint density at radius 2 is 1.52 bits per heavy atom. The van der Waals surface area contributed by atoms with Crippen molar-refractivity contribution < 1.29 is 9.15 Å². The topological polar surface area (TPSA) is 61.3 Å². The van der Waals surface area contributed by atoms with Crippen molar-refractivity contribution in [3.63, 3.8) is 0 Å². The molecule has 4 nitrogen and oxygen atoms in total. The van der Waals surface area contributed by atoms with E-state index >= 15 is 0 Å². The lowest BCUT2D eigenvalue weighted by Crippen LogP contribution is -1.94. The van der Waals surface area contributed by atoms with Crippen LogP contribution >= 0.6 is 0 Å². The molecule has 0 unspecified atom stereocenters. The maximum absolute atomic E-state index is 5.54. The van der Waals surface area contributed by atoms with Crippen molar-refractivity contribution in [1.82, 2.24) is 4.98 Å². The van der Waals surface area contributed by atoms with E-state index in [4.69, 9.17) is 14.9 Å². The van der Waals surface area contributed by atoms with Crippen LogP contribution in [0.4, 0.5) is 0 Å². The molecule has 0 bridgehead atoms. The van der Waals surface area contributed by atoms with Gasteiger partial charge in [0.2, 0.25) is 5.89 Å². The fourth-order valence-electron chi connectivity index (χ4n) is 2.15. The number of aromatic nitrogens is 1. The minimum absolute atomic E-state index is 0.309. The van der Waals surface area contributed by atoms with Crippen LogP contribution in [0.2, 0.25) is 0 Å². The molecule has 3 rings (SSSR count). The molecule has 0 amide bonds. The summed E-state index contributed by atoms with van der Waals surface area (Å²) in [5, 5.41) is 0. The van der Waals surface area contributed by atoms with Gasteiger partial charge in [0.05, 0.1) is 19.9 Å². The van der Waals surface area contributed by atoms with E-state index in [1.165, 1.54) is 0 Å². The molecule has 0 saturated carbocycles. The van der Waals surface area contributed by atoms with Crippen molar-refractivity contribution in [2.75, 3.05) is 7.11 Å². The van der Waals surface area contributed by atoms with E-state index in [0.717, 1.165) is 28.2 Å². The highest BCUT2D eigenvalue weighted by Gasteiger charge is 2.05. The zero-order chi connectivity index (χ0) is 14.7. The molecule has 0 fully saturated rings. The zero-order valence-electron chi connectivity index (χ0n) is 11.7. The van der Waals surface area contributed by atoms with Crippen molar-refractivity contribution in [2.45, 2.75) is 6.54 Å². The SMILES string of the molecule is COc1ccc(-c2ccc(-c3cnc(CN)o3)cc2)cc1. The summed E-state index contributed by atoms with van der Waals surface area (Å²) >= 11 is 0. The summed E-state index contributed by atoms with van der Waals surface area (Å²) in [5.41, 5.74) is 8.76. The Hall–Kier alpha value is -2.59. The van der Waals surface area contributed by atoms with Gasteiger partial charge >= 0.3 is 0 Å². The Kier molecular flexibility index (Phi) is 3.71. The van der Waals surface area contributed by atoms with Gasteiger partial charge in [0.15, 0.2) is 5.76 Å². The minimum Gasteiger partial charge on any atom is -0.497 e. The van der Waals surface area contributed by atoms with Crippen molar-refractivity contribution in [2.24, 2.45) is 5.73 Å². The van der Waals surface area contributed by atoms with Crippen LogP contribution in [-0.2, 0) is 6.54 Å². The van der Waals surface area contributed by atoms with Gasteiger partial charge in [0.1, 0.15) is 5.75 Å². The van der Waals surface area contributed by atoms with E-state index in [1.807, 2.05) is 36.4 Å². The molecule has 2 N–H and O–H groups in total. The van der Waals surface area contributed by atoms with Gasteiger partial charge < -0.3 is 14.9 Å². The number of oxazole rings is 1. The zero-order valence-corrected chi connectivity index (χ0v) is 11.7. The lowest BCUT2D eigenvalue weighted by Gasteiger charge is -2.04. The maximum Gasteiger partial charge on any atom is 0.208 e. The van der Waals surface area contributed by atoms with Gasteiger partial charge in [0, 0.05) is 5.56 Å². The summed E-state index contributed by atoms with van der Waals surface area (Å²) in [5.74, 6) is 2.13. The van der Waals surface area contributed by atoms with Gasteiger partial charge in [-0.1, -0.05) is 36.4 Å². The number of benzene rings is 2. The van der Waals surface area contributed by atoms with Crippen molar-refractivity contribution >= 4 is 0 Å². The first kappa shape index (κ1) is 13.4. The van der Waals surface area contributed by atoms with Crippen molar-refractivity contribution in [3.8, 4) is 28.2 Å². The number of hydrogen-bond donors (Lipinski definition) is 1. The van der Waals surface area contributed by atoms with E-state index in [0.29, 0.717) is 12.4 Å². The highest BCUT2D eigenvalue weighted by Crippen LogP contribution is 2.26. The van der Waals surface area contributed by atoms with Gasteiger partial charge in [-0.25, -0.2) is 4.98 Å². The predicted octanol–water partition coefficient (Wildman–Crippen LogP) is 3.48. The number of methoxy groups -OCH3 is 1. The number of hydrogen-bond acceptors (Lipinski definition) is 4. The molecule has 0 aliphatic carbocycles. The quantitative estimate of drug-likeness (QED) is 0.794. The lowest BCUT2D eigenvalue weighted by atomic mass is 10.0. The summed E-state index contributed by atoms with van der Waals surface area (Å²) in [6.07, 6.45) is 1.70. The third kappa shape index (κ3) is 2.80. The molecule has 0 spiro atoms. The number of ether oxygens (including phenoxy) is 1. The second-order valence-electron chi connectivity index (χ2n) is 4.63. The summed E-state index contributed by atoms with van der Waals surface area (Å²) in [4.78, 5) is 4.11. The fourth-order valence-corrected chi connectivity index (χ4v) is 2.15. The Morgan fingerprint density at radius 3 is 2.05 bits per heavy atom. The third-order valence-electron chi connectivity index (χ3n) is 3.32. The highest BCUT2D eigenvalue weighted by molar-refractivity contribution is 5.68. The average Bonchev–Trinajstić information content (AvgIpc) is 3.04. The Labute approximate surface area is 123 Å². The molecule has 0 atom stereocenters. The molecule has 4 heteroatoms. The van der Waals surface area contributed by atoms with Crippen molar-refractivity contribution in [1.29, 1.82) is 0 Å².